The Hall–Kier alpha value is -1.69. The van der Waals surface area contributed by atoms with Crippen molar-refractivity contribution >= 4 is 11.6 Å². The molecule has 3 nitrogen and oxygen atoms in total. The van der Waals surface area contributed by atoms with E-state index in [0.717, 1.165) is 5.56 Å². The predicted octanol–water partition coefficient (Wildman–Crippen LogP) is 3.15. The van der Waals surface area contributed by atoms with E-state index in [9.17, 15) is 13.9 Å². The van der Waals surface area contributed by atoms with Crippen LogP contribution >= 0.6 is 11.6 Å². The SMILES string of the molecule is OC(CNCc1ccc(F)c(Cl)c1)COc1ccc(F)cc1. The Morgan fingerprint density at radius 3 is 2.55 bits per heavy atom. The number of nitrogens with one attached hydrogen (secondary N) is 1. The van der Waals surface area contributed by atoms with Crippen LogP contribution in [0.5, 0.6) is 5.75 Å². The Kier molecular flexibility index (Phi) is 6.12. The Morgan fingerprint density at radius 1 is 1.14 bits per heavy atom. The molecule has 2 rings (SSSR count). The smallest absolute Gasteiger partial charge is 0.141 e. The summed E-state index contributed by atoms with van der Waals surface area (Å²) < 4.78 is 31.1. The molecule has 0 fully saturated rings. The lowest BCUT2D eigenvalue weighted by atomic mass is 10.2. The number of aliphatic hydroxyl groups is 1. The van der Waals surface area contributed by atoms with E-state index in [0.29, 0.717) is 18.8 Å². The molecule has 0 saturated carbocycles. The molecule has 0 saturated heterocycles. The van der Waals surface area contributed by atoms with E-state index in [2.05, 4.69) is 5.32 Å². The number of ether oxygens (including phenoxy) is 1. The van der Waals surface area contributed by atoms with Gasteiger partial charge in [0.2, 0.25) is 0 Å². The topological polar surface area (TPSA) is 41.5 Å². The van der Waals surface area contributed by atoms with Crippen LogP contribution in [-0.4, -0.2) is 24.4 Å². The maximum Gasteiger partial charge on any atom is 0.141 e. The molecule has 0 heterocycles. The summed E-state index contributed by atoms with van der Waals surface area (Å²) in [7, 11) is 0. The molecule has 0 spiro atoms. The highest BCUT2D eigenvalue weighted by Crippen LogP contribution is 2.15. The highest BCUT2D eigenvalue weighted by molar-refractivity contribution is 6.30. The summed E-state index contributed by atoms with van der Waals surface area (Å²) in [6.45, 7) is 0.840. The highest BCUT2D eigenvalue weighted by Gasteiger charge is 2.06. The minimum atomic E-state index is -0.721. The zero-order chi connectivity index (χ0) is 15.9. The summed E-state index contributed by atoms with van der Waals surface area (Å²) in [5, 5.41) is 12.9. The van der Waals surface area contributed by atoms with Crippen LogP contribution in [-0.2, 0) is 6.54 Å². The van der Waals surface area contributed by atoms with Gasteiger partial charge in [0, 0.05) is 13.1 Å². The second kappa shape index (κ2) is 8.08. The van der Waals surface area contributed by atoms with Crippen molar-refractivity contribution in [3.63, 3.8) is 0 Å². The third-order valence-corrected chi connectivity index (χ3v) is 3.24. The second-order valence-corrected chi connectivity index (χ2v) is 5.21. The van der Waals surface area contributed by atoms with E-state index >= 15 is 0 Å². The van der Waals surface area contributed by atoms with Gasteiger partial charge in [-0.1, -0.05) is 17.7 Å². The molecule has 2 aromatic rings. The van der Waals surface area contributed by atoms with Crippen molar-refractivity contribution in [1.29, 1.82) is 0 Å². The monoisotopic (exact) mass is 327 g/mol. The van der Waals surface area contributed by atoms with E-state index < -0.39 is 11.9 Å². The van der Waals surface area contributed by atoms with Gasteiger partial charge in [0.15, 0.2) is 0 Å². The summed E-state index contributed by atoms with van der Waals surface area (Å²) in [5.74, 6) is -0.309. The van der Waals surface area contributed by atoms with Gasteiger partial charge in [-0.25, -0.2) is 8.78 Å². The molecule has 1 atom stereocenters. The predicted molar refractivity (Wildman–Crippen MR) is 81.0 cm³/mol. The molecule has 118 valence electrons. The maximum atomic E-state index is 13.0. The number of aliphatic hydroxyl groups excluding tert-OH is 1. The van der Waals surface area contributed by atoms with Crippen LogP contribution in [0.1, 0.15) is 5.56 Å². The fourth-order valence-electron chi connectivity index (χ4n) is 1.81. The van der Waals surface area contributed by atoms with Gasteiger partial charge in [-0.05, 0) is 42.0 Å². The normalized spacial score (nSPS) is 12.2. The summed E-state index contributed by atoms with van der Waals surface area (Å²) >= 11 is 5.69. The van der Waals surface area contributed by atoms with Crippen molar-refractivity contribution in [2.45, 2.75) is 12.6 Å². The van der Waals surface area contributed by atoms with Crippen LogP contribution in [0.2, 0.25) is 5.02 Å². The molecule has 2 N–H and O–H groups in total. The van der Waals surface area contributed by atoms with Gasteiger partial charge in [0.1, 0.15) is 30.1 Å². The average molecular weight is 328 g/mol. The molecule has 0 bridgehead atoms. The van der Waals surface area contributed by atoms with Gasteiger partial charge >= 0.3 is 0 Å². The standard InChI is InChI=1S/C16H16ClF2NO2/c17-15-7-11(1-6-16(15)19)8-20-9-13(21)10-22-14-4-2-12(18)3-5-14/h1-7,13,20-21H,8-10H2. The van der Waals surface area contributed by atoms with Crippen LogP contribution in [0.4, 0.5) is 8.78 Å². The summed E-state index contributed by atoms with van der Waals surface area (Å²) in [6, 6.07) is 10.0. The summed E-state index contributed by atoms with van der Waals surface area (Å²) in [5.41, 5.74) is 0.818. The number of benzene rings is 2. The molecule has 0 aromatic heterocycles. The molecular formula is C16H16ClF2NO2. The minimum absolute atomic E-state index is 0.0690. The van der Waals surface area contributed by atoms with E-state index in [-0.39, 0.29) is 17.4 Å². The number of hydrogen-bond donors (Lipinski definition) is 2. The first-order chi connectivity index (χ1) is 10.5. The fourth-order valence-corrected chi connectivity index (χ4v) is 2.02. The fraction of sp³-hybridized carbons (Fsp3) is 0.250. The van der Waals surface area contributed by atoms with Gasteiger partial charge in [-0.15, -0.1) is 0 Å². The van der Waals surface area contributed by atoms with Crippen molar-refractivity contribution in [3.05, 3.63) is 64.7 Å². The van der Waals surface area contributed by atoms with Gasteiger partial charge in [0.25, 0.3) is 0 Å². The molecule has 1 unspecified atom stereocenters. The highest BCUT2D eigenvalue weighted by atomic mass is 35.5. The lowest BCUT2D eigenvalue weighted by molar-refractivity contribution is 0.106. The minimum Gasteiger partial charge on any atom is -0.491 e. The molecule has 0 aliphatic carbocycles. The van der Waals surface area contributed by atoms with Crippen molar-refractivity contribution in [3.8, 4) is 5.75 Å². The van der Waals surface area contributed by atoms with Gasteiger partial charge < -0.3 is 15.2 Å². The third-order valence-electron chi connectivity index (χ3n) is 2.95. The molecule has 6 heteroatoms. The first-order valence-electron chi connectivity index (χ1n) is 6.75. The van der Waals surface area contributed by atoms with Gasteiger partial charge in [-0.2, -0.15) is 0 Å². The largest absolute Gasteiger partial charge is 0.491 e. The van der Waals surface area contributed by atoms with Gasteiger partial charge in [0.05, 0.1) is 5.02 Å². The van der Waals surface area contributed by atoms with E-state index in [1.807, 2.05) is 0 Å². The Labute approximate surface area is 132 Å². The van der Waals surface area contributed by atoms with Crippen molar-refractivity contribution in [2.24, 2.45) is 0 Å². The zero-order valence-electron chi connectivity index (χ0n) is 11.7. The molecule has 2 aromatic carbocycles. The summed E-state index contributed by atoms with van der Waals surface area (Å²) in [4.78, 5) is 0. The van der Waals surface area contributed by atoms with Crippen LogP contribution < -0.4 is 10.1 Å². The quantitative estimate of drug-likeness (QED) is 0.821. The van der Waals surface area contributed by atoms with Crippen LogP contribution in [0.25, 0.3) is 0 Å². The van der Waals surface area contributed by atoms with Gasteiger partial charge in [-0.3, -0.25) is 0 Å². The van der Waals surface area contributed by atoms with E-state index in [4.69, 9.17) is 16.3 Å². The second-order valence-electron chi connectivity index (χ2n) is 4.80. The van der Waals surface area contributed by atoms with E-state index in [1.165, 1.54) is 36.4 Å². The number of hydrogen-bond acceptors (Lipinski definition) is 3. The lowest BCUT2D eigenvalue weighted by Gasteiger charge is -2.13. The van der Waals surface area contributed by atoms with Crippen molar-refractivity contribution < 1.29 is 18.6 Å². The first-order valence-corrected chi connectivity index (χ1v) is 7.13. The van der Waals surface area contributed by atoms with Crippen molar-refractivity contribution in [1.82, 2.24) is 5.32 Å². The molecule has 0 radical (unpaired) electrons. The van der Waals surface area contributed by atoms with Crippen molar-refractivity contribution in [2.75, 3.05) is 13.2 Å². The molecule has 0 aliphatic heterocycles. The lowest BCUT2D eigenvalue weighted by Crippen LogP contribution is -2.31. The number of halogens is 3. The Bertz CT molecular complexity index is 608. The molecule has 0 amide bonds. The number of rotatable bonds is 7. The molecule has 0 aliphatic rings. The van der Waals surface area contributed by atoms with Crippen LogP contribution in [0.3, 0.4) is 0 Å². The average Bonchev–Trinajstić information content (AvgIpc) is 2.50. The van der Waals surface area contributed by atoms with Crippen LogP contribution in [0.15, 0.2) is 42.5 Å². The zero-order valence-corrected chi connectivity index (χ0v) is 12.5. The third kappa shape index (κ3) is 5.26. The summed E-state index contributed by atoms with van der Waals surface area (Å²) in [6.07, 6.45) is -0.721. The Balaban J connectivity index is 1.70. The Morgan fingerprint density at radius 2 is 1.86 bits per heavy atom. The molecule has 22 heavy (non-hydrogen) atoms. The van der Waals surface area contributed by atoms with Crippen LogP contribution in [0, 0.1) is 11.6 Å². The maximum absolute atomic E-state index is 13.0. The molecular weight excluding hydrogens is 312 g/mol. The van der Waals surface area contributed by atoms with E-state index in [1.54, 1.807) is 6.07 Å². The first kappa shape index (κ1) is 16.7.